The highest BCUT2D eigenvalue weighted by Crippen LogP contribution is 2.61. The standard InChI is InChI=1S/C35H38Cl2F2N2O2/c1-33(2,3)18-21-15-24(32(42)41-28-14-11-20(34(4,5)6)16-29(28)43-7)30(23-9-8-10-26(37)31(23)39)35(21,19-40)25-13-12-22(36)17-27(25)38/h8-14,16-17,21,24,30H,15,18H2,1-7H3,(H,41,42)/t21-,24+,30-,35+/m0/s1. The van der Waals surface area contributed by atoms with Crippen molar-refractivity contribution in [1.82, 2.24) is 0 Å². The lowest BCUT2D eigenvalue weighted by molar-refractivity contribution is -0.120. The maximum atomic E-state index is 15.9. The van der Waals surface area contributed by atoms with E-state index in [-0.39, 0.29) is 38.4 Å². The van der Waals surface area contributed by atoms with Gasteiger partial charge in [-0.15, -0.1) is 0 Å². The third-order valence-corrected chi connectivity index (χ3v) is 9.00. The van der Waals surface area contributed by atoms with Gasteiger partial charge in [0.25, 0.3) is 0 Å². The molecule has 1 N–H and O–H groups in total. The van der Waals surface area contributed by atoms with Crippen LogP contribution in [0.5, 0.6) is 5.75 Å². The van der Waals surface area contributed by atoms with Crippen LogP contribution in [0, 0.1) is 40.2 Å². The van der Waals surface area contributed by atoms with Gasteiger partial charge in [0.15, 0.2) is 0 Å². The number of ether oxygens (including phenoxy) is 1. The van der Waals surface area contributed by atoms with E-state index in [1.165, 1.54) is 31.4 Å². The van der Waals surface area contributed by atoms with E-state index in [2.05, 4.69) is 32.2 Å². The van der Waals surface area contributed by atoms with Crippen LogP contribution in [0.2, 0.25) is 10.0 Å². The van der Waals surface area contributed by atoms with Gasteiger partial charge in [0, 0.05) is 22.4 Å². The summed E-state index contributed by atoms with van der Waals surface area (Å²) in [6.07, 6.45) is 0.701. The van der Waals surface area contributed by atoms with Crippen molar-refractivity contribution in [1.29, 1.82) is 5.26 Å². The zero-order chi connectivity index (χ0) is 31.9. The van der Waals surface area contributed by atoms with Gasteiger partial charge in [0.2, 0.25) is 5.91 Å². The minimum Gasteiger partial charge on any atom is -0.495 e. The molecular formula is C35H38Cl2F2N2O2. The molecule has 3 aromatic carbocycles. The minimum atomic E-state index is -1.60. The van der Waals surface area contributed by atoms with Crippen LogP contribution < -0.4 is 10.1 Å². The Hall–Kier alpha value is -3.14. The Balaban J connectivity index is 1.94. The number of rotatable bonds is 6. The van der Waals surface area contributed by atoms with Crippen LogP contribution in [0.3, 0.4) is 0 Å². The number of methoxy groups -OCH3 is 1. The molecule has 43 heavy (non-hydrogen) atoms. The highest BCUT2D eigenvalue weighted by Gasteiger charge is 2.61. The second kappa shape index (κ2) is 12.1. The lowest BCUT2D eigenvalue weighted by atomic mass is 9.62. The van der Waals surface area contributed by atoms with E-state index in [4.69, 9.17) is 27.9 Å². The summed E-state index contributed by atoms with van der Waals surface area (Å²) in [4.78, 5) is 14.3. The molecule has 0 saturated heterocycles. The molecule has 228 valence electrons. The summed E-state index contributed by atoms with van der Waals surface area (Å²) in [6.45, 7) is 12.3. The van der Waals surface area contributed by atoms with Crippen molar-refractivity contribution in [2.24, 2.45) is 17.3 Å². The molecule has 1 amide bonds. The zero-order valence-corrected chi connectivity index (χ0v) is 27.1. The van der Waals surface area contributed by atoms with Gasteiger partial charge in [-0.05, 0) is 71.0 Å². The predicted octanol–water partition coefficient (Wildman–Crippen LogP) is 9.83. The molecule has 3 aromatic rings. The van der Waals surface area contributed by atoms with Crippen LogP contribution in [0.25, 0.3) is 0 Å². The van der Waals surface area contributed by atoms with E-state index in [1.807, 2.05) is 32.9 Å². The Labute approximate surface area is 263 Å². The largest absolute Gasteiger partial charge is 0.495 e. The number of benzene rings is 3. The highest BCUT2D eigenvalue weighted by molar-refractivity contribution is 6.31. The van der Waals surface area contributed by atoms with Gasteiger partial charge < -0.3 is 10.1 Å². The van der Waals surface area contributed by atoms with Gasteiger partial charge in [0.1, 0.15) is 17.4 Å². The minimum absolute atomic E-state index is 0.0837. The van der Waals surface area contributed by atoms with Crippen molar-refractivity contribution >= 4 is 34.8 Å². The topological polar surface area (TPSA) is 62.1 Å². The predicted molar refractivity (Wildman–Crippen MR) is 169 cm³/mol. The summed E-state index contributed by atoms with van der Waals surface area (Å²) in [7, 11) is 1.53. The fourth-order valence-corrected chi connectivity index (χ4v) is 6.92. The zero-order valence-electron chi connectivity index (χ0n) is 25.6. The van der Waals surface area contributed by atoms with Gasteiger partial charge in [-0.1, -0.05) is 89.0 Å². The number of anilines is 1. The quantitative estimate of drug-likeness (QED) is 0.296. The van der Waals surface area contributed by atoms with Crippen molar-refractivity contribution in [3.8, 4) is 11.8 Å². The number of carbonyl (C=O) groups excluding carboxylic acids is 1. The maximum absolute atomic E-state index is 15.9. The molecule has 4 atom stereocenters. The van der Waals surface area contributed by atoms with Crippen LogP contribution in [0.15, 0.2) is 54.6 Å². The lowest BCUT2D eigenvalue weighted by Gasteiger charge is -2.38. The molecule has 8 heteroatoms. The van der Waals surface area contributed by atoms with Crippen molar-refractivity contribution in [3.63, 3.8) is 0 Å². The summed E-state index contributed by atoms with van der Waals surface area (Å²) >= 11 is 12.4. The van der Waals surface area contributed by atoms with Crippen LogP contribution in [0.4, 0.5) is 14.5 Å². The van der Waals surface area contributed by atoms with Gasteiger partial charge >= 0.3 is 0 Å². The Bertz CT molecular complexity index is 1570. The molecule has 1 saturated carbocycles. The first kappa shape index (κ1) is 32.8. The molecule has 4 rings (SSSR count). The summed E-state index contributed by atoms with van der Waals surface area (Å²) in [5.74, 6) is -3.81. The van der Waals surface area contributed by atoms with E-state index in [9.17, 15) is 10.1 Å². The average Bonchev–Trinajstić information content (AvgIpc) is 3.22. The van der Waals surface area contributed by atoms with Crippen LogP contribution >= 0.6 is 23.2 Å². The smallest absolute Gasteiger partial charge is 0.228 e. The van der Waals surface area contributed by atoms with Crippen LogP contribution in [0.1, 0.15) is 77.0 Å². The Kier molecular flexibility index (Phi) is 9.22. The van der Waals surface area contributed by atoms with Crippen molar-refractivity contribution < 1.29 is 18.3 Å². The number of carbonyl (C=O) groups is 1. The van der Waals surface area contributed by atoms with E-state index < -0.39 is 40.7 Å². The molecule has 0 bridgehead atoms. The summed E-state index contributed by atoms with van der Waals surface area (Å²) in [5.41, 5.74) is -0.388. The molecule has 1 fully saturated rings. The maximum Gasteiger partial charge on any atom is 0.228 e. The van der Waals surface area contributed by atoms with E-state index >= 15 is 8.78 Å². The monoisotopic (exact) mass is 626 g/mol. The van der Waals surface area contributed by atoms with E-state index in [0.717, 1.165) is 11.6 Å². The summed E-state index contributed by atoms with van der Waals surface area (Å²) in [6, 6.07) is 16.7. The van der Waals surface area contributed by atoms with E-state index in [0.29, 0.717) is 17.9 Å². The molecule has 1 aliphatic rings. The number of hydrogen-bond donors (Lipinski definition) is 1. The SMILES string of the molecule is COc1cc(C(C)(C)C)ccc1NC(=O)[C@@H]1C[C@@H](CC(C)(C)C)[C@](C#N)(c2ccc(Cl)cc2F)[C@H]1c1cccc(Cl)c1F. The first-order valence-electron chi connectivity index (χ1n) is 14.3. The third-order valence-electron chi connectivity index (χ3n) is 8.47. The fraction of sp³-hybridized carbons (Fsp3) is 0.429. The fourth-order valence-electron chi connectivity index (χ4n) is 6.58. The average molecular weight is 628 g/mol. The number of halogens is 4. The number of amides is 1. The molecule has 0 radical (unpaired) electrons. The second-order valence-electron chi connectivity index (χ2n) is 13.7. The third kappa shape index (κ3) is 6.40. The van der Waals surface area contributed by atoms with Crippen molar-refractivity contribution in [2.45, 2.75) is 71.1 Å². The molecular weight excluding hydrogens is 589 g/mol. The van der Waals surface area contributed by atoms with E-state index in [1.54, 1.807) is 12.1 Å². The normalized spacial score (nSPS) is 22.2. The molecule has 0 unspecified atom stereocenters. The molecule has 0 aromatic heterocycles. The summed E-state index contributed by atoms with van der Waals surface area (Å²) < 4.78 is 37.4. The molecule has 0 aliphatic heterocycles. The summed E-state index contributed by atoms with van der Waals surface area (Å²) in [5, 5.41) is 14.1. The first-order valence-corrected chi connectivity index (χ1v) is 15.1. The van der Waals surface area contributed by atoms with Gasteiger partial charge in [0.05, 0.1) is 29.3 Å². The Morgan fingerprint density at radius 1 is 1.07 bits per heavy atom. The number of hydrogen-bond acceptors (Lipinski definition) is 3. The Morgan fingerprint density at radius 3 is 2.35 bits per heavy atom. The van der Waals surface area contributed by atoms with Crippen LogP contribution in [-0.2, 0) is 15.6 Å². The van der Waals surface area contributed by atoms with Gasteiger partial charge in [-0.25, -0.2) is 8.78 Å². The molecule has 4 nitrogen and oxygen atoms in total. The Morgan fingerprint density at radius 2 is 1.77 bits per heavy atom. The van der Waals surface area contributed by atoms with Crippen LogP contribution in [-0.4, -0.2) is 13.0 Å². The molecule has 0 heterocycles. The second-order valence-corrected chi connectivity index (χ2v) is 14.5. The molecule has 1 aliphatic carbocycles. The highest BCUT2D eigenvalue weighted by atomic mass is 35.5. The number of nitriles is 1. The first-order chi connectivity index (χ1) is 20.0. The van der Waals surface area contributed by atoms with Gasteiger partial charge in [-0.2, -0.15) is 5.26 Å². The van der Waals surface area contributed by atoms with Crippen molar-refractivity contribution in [2.75, 3.05) is 12.4 Å². The lowest BCUT2D eigenvalue weighted by Crippen LogP contribution is -2.39. The number of nitrogens with one attached hydrogen (secondary N) is 1. The van der Waals surface area contributed by atoms with Crippen molar-refractivity contribution in [3.05, 3.63) is 93.0 Å². The number of nitrogens with zero attached hydrogens (tertiary/aromatic N) is 1. The van der Waals surface area contributed by atoms with Gasteiger partial charge in [-0.3, -0.25) is 4.79 Å². The molecule has 0 spiro atoms.